The van der Waals surface area contributed by atoms with Gasteiger partial charge in [-0.25, -0.2) is 9.97 Å². The summed E-state index contributed by atoms with van der Waals surface area (Å²) in [6.07, 6.45) is 3.63. The van der Waals surface area contributed by atoms with Crippen LogP contribution in [0.4, 0.5) is 5.82 Å². The van der Waals surface area contributed by atoms with Gasteiger partial charge in [-0.05, 0) is 25.6 Å². The molecule has 0 aromatic carbocycles. The van der Waals surface area contributed by atoms with Gasteiger partial charge in [-0.15, -0.1) is 0 Å². The van der Waals surface area contributed by atoms with Crippen LogP contribution in [-0.4, -0.2) is 28.2 Å². The van der Waals surface area contributed by atoms with Crippen molar-refractivity contribution in [2.75, 3.05) is 12.4 Å². The number of hydrogen-bond acceptors (Lipinski definition) is 4. The fraction of sp³-hybridized carbons (Fsp3) is 0.545. The summed E-state index contributed by atoms with van der Waals surface area (Å²) in [5.41, 5.74) is 0. The Labute approximate surface area is 107 Å². The summed E-state index contributed by atoms with van der Waals surface area (Å²) in [6, 6.07) is 2.04. The lowest BCUT2D eigenvalue weighted by Gasteiger charge is -2.15. The third-order valence-electron chi connectivity index (χ3n) is 2.19. The second kappa shape index (κ2) is 7.01. The number of hydrogen-bond donors (Lipinski definition) is 2. The molecule has 1 aromatic heterocycles. The topological polar surface area (TPSA) is 59.1 Å². The first-order chi connectivity index (χ1) is 8.15. The maximum atomic E-state index is 5.18. The highest BCUT2D eigenvalue weighted by Gasteiger charge is 2.04. The first kappa shape index (κ1) is 13.6. The molecule has 0 aliphatic carbocycles. The molecule has 0 bridgehead atoms. The summed E-state index contributed by atoms with van der Waals surface area (Å²) in [4.78, 5) is 7.97. The van der Waals surface area contributed by atoms with Crippen molar-refractivity contribution >= 4 is 23.1 Å². The van der Waals surface area contributed by atoms with Crippen molar-refractivity contribution in [2.45, 2.75) is 32.7 Å². The van der Waals surface area contributed by atoms with Gasteiger partial charge < -0.3 is 15.4 Å². The largest absolute Gasteiger partial charge is 0.481 e. The third-order valence-corrected chi connectivity index (χ3v) is 2.41. The van der Waals surface area contributed by atoms with Gasteiger partial charge in [0.2, 0.25) is 5.88 Å². The van der Waals surface area contributed by atoms with Gasteiger partial charge in [0.05, 0.1) is 7.11 Å². The molecule has 1 atom stereocenters. The molecular formula is C11H18N4OS. The summed E-state index contributed by atoms with van der Waals surface area (Å²) in [7, 11) is 1.56. The highest BCUT2D eigenvalue weighted by molar-refractivity contribution is 7.80. The minimum absolute atomic E-state index is 0.351. The number of nitrogens with one attached hydrogen (secondary N) is 2. The molecule has 0 spiro atoms. The first-order valence-corrected chi connectivity index (χ1v) is 6.00. The molecule has 6 heteroatoms. The molecule has 1 rings (SSSR count). The molecule has 5 nitrogen and oxygen atoms in total. The molecular weight excluding hydrogens is 236 g/mol. The molecule has 0 unspecified atom stereocenters. The smallest absolute Gasteiger partial charge is 0.218 e. The predicted molar refractivity (Wildman–Crippen MR) is 72.3 cm³/mol. The summed E-state index contributed by atoms with van der Waals surface area (Å²) in [5.74, 6) is 1.13. The number of methoxy groups -OCH3 is 1. The van der Waals surface area contributed by atoms with Gasteiger partial charge in [0.1, 0.15) is 12.1 Å². The van der Waals surface area contributed by atoms with E-state index >= 15 is 0 Å². The van der Waals surface area contributed by atoms with Gasteiger partial charge in [0, 0.05) is 12.1 Å². The van der Waals surface area contributed by atoms with Crippen LogP contribution in [0, 0.1) is 0 Å². The Morgan fingerprint density at radius 2 is 2.29 bits per heavy atom. The van der Waals surface area contributed by atoms with E-state index in [0.717, 1.165) is 12.8 Å². The van der Waals surface area contributed by atoms with Crippen molar-refractivity contribution in [3.8, 4) is 5.88 Å². The van der Waals surface area contributed by atoms with E-state index in [0.29, 0.717) is 22.9 Å². The van der Waals surface area contributed by atoms with E-state index in [1.807, 2.05) is 0 Å². The van der Waals surface area contributed by atoms with Crippen LogP contribution in [0.3, 0.4) is 0 Å². The molecule has 1 aromatic rings. The lowest BCUT2D eigenvalue weighted by Crippen LogP contribution is -2.35. The molecule has 0 saturated heterocycles. The Balaban J connectivity index is 2.49. The van der Waals surface area contributed by atoms with Crippen LogP contribution in [0.25, 0.3) is 0 Å². The van der Waals surface area contributed by atoms with Gasteiger partial charge in [-0.3, -0.25) is 0 Å². The number of nitrogens with zero attached hydrogens (tertiary/aromatic N) is 2. The highest BCUT2D eigenvalue weighted by Crippen LogP contribution is 2.09. The maximum Gasteiger partial charge on any atom is 0.218 e. The zero-order valence-corrected chi connectivity index (χ0v) is 11.2. The van der Waals surface area contributed by atoms with E-state index in [2.05, 4.69) is 34.4 Å². The van der Waals surface area contributed by atoms with Gasteiger partial charge in [-0.1, -0.05) is 13.3 Å². The SMILES string of the molecule is CCC[C@H](C)NC(=S)Nc1cc(OC)ncn1. The van der Waals surface area contributed by atoms with Crippen LogP contribution in [0.15, 0.2) is 12.4 Å². The van der Waals surface area contributed by atoms with Crippen molar-refractivity contribution in [3.63, 3.8) is 0 Å². The molecule has 94 valence electrons. The van der Waals surface area contributed by atoms with Crippen molar-refractivity contribution in [3.05, 3.63) is 12.4 Å². The molecule has 0 fully saturated rings. The lowest BCUT2D eigenvalue weighted by molar-refractivity contribution is 0.397. The molecule has 0 saturated carbocycles. The van der Waals surface area contributed by atoms with Crippen LogP contribution in [0.2, 0.25) is 0 Å². The average Bonchev–Trinajstić information content (AvgIpc) is 2.29. The van der Waals surface area contributed by atoms with E-state index in [1.54, 1.807) is 13.2 Å². The second-order valence-electron chi connectivity index (χ2n) is 3.73. The zero-order chi connectivity index (χ0) is 12.7. The van der Waals surface area contributed by atoms with E-state index < -0.39 is 0 Å². The van der Waals surface area contributed by atoms with Crippen molar-refractivity contribution < 1.29 is 4.74 Å². The Morgan fingerprint density at radius 3 is 2.94 bits per heavy atom. The van der Waals surface area contributed by atoms with Gasteiger partial charge in [0.15, 0.2) is 5.11 Å². The molecule has 2 N–H and O–H groups in total. The first-order valence-electron chi connectivity index (χ1n) is 5.59. The Kier molecular flexibility index (Phi) is 5.62. The van der Waals surface area contributed by atoms with E-state index in [1.165, 1.54) is 6.33 Å². The highest BCUT2D eigenvalue weighted by atomic mass is 32.1. The summed E-state index contributed by atoms with van der Waals surface area (Å²) < 4.78 is 5.00. The monoisotopic (exact) mass is 254 g/mol. The van der Waals surface area contributed by atoms with Gasteiger partial charge in [-0.2, -0.15) is 0 Å². The predicted octanol–water partition coefficient (Wildman–Crippen LogP) is 1.96. The molecule has 0 amide bonds. The normalized spacial score (nSPS) is 11.7. The van der Waals surface area contributed by atoms with Crippen LogP contribution in [0.5, 0.6) is 5.88 Å². The summed E-state index contributed by atoms with van der Waals surface area (Å²) in [6.45, 7) is 4.24. The van der Waals surface area contributed by atoms with E-state index in [4.69, 9.17) is 17.0 Å². The van der Waals surface area contributed by atoms with Crippen molar-refractivity contribution in [2.24, 2.45) is 0 Å². The van der Waals surface area contributed by atoms with E-state index in [-0.39, 0.29) is 0 Å². The Bertz CT molecular complexity index is 372. The van der Waals surface area contributed by atoms with Crippen LogP contribution in [-0.2, 0) is 0 Å². The molecule has 0 aliphatic rings. The van der Waals surface area contributed by atoms with Crippen molar-refractivity contribution in [1.29, 1.82) is 0 Å². The standard InChI is InChI=1S/C11H18N4OS/c1-4-5-8(2)14-11(17)15-9-6-10(16-3)13-7-12-9/h6-8H,4-5H2,1-3H3,(H2,12,13,14,15,17)/t8-/m0/s1. The molecule has 0 aliphatic heterocycles. The van der Waals surface area contributed by atoms with Crippen LogP contribution in [0.1, 0.15) is 26.7 Å². The van der Waals surface area contributed by atoms with E-state index in [9.17, 15) is 0 Å². The maximum absolute atomic E-state index is 5.18. The van der Waals surface area contributed by atoms with Crippen LogP contribution < -0.4 is 15.4 Å². The molecule has 0 radical (unpaired) electrons. The zero-order valence-electron chi connectivity index (χ0n) is 10.4. The van der Waals surface area contributed by atoms with Gasteiger partial charge in [0.25, 0.3) is 0 Å². The van der Waals surface area contributed by atoms with Gasteiger partial charge >= 0.3 is 0 Å². The summed E-state index contributed by atoms with van der Waals surface area (Å²) >= 11 is 5.18. The number of ether oxygens (including phenoxy) is 1. The fourth-order valence-electron chi connectivity index (χ4n) is 1.40. The lowest BCUT2D eigenvalue weighted by atomic mass is 10.2. The number of rotatable bonds is 5. The number of aromatic nitrogens is 2. The Hall–Kier alpha value is -1.43. The fourth-order valence-corrected chi connectivity index (χ4v) is 1.71. The quantitative estimate of drug-likeness (QED) is 0.783. The Morgan fingerprint density at radius 1 is 1.53 bits per heavy atom. The minimum Gasteiger partial charge on any atom is -0.481 e. The number of thiocarbonyl (C=S) groups is 1. The minimum atomic E-state index is 0.351. The average molecular weight is 254 g/mol. The molecule has 17 heavy (non-hydrogen) atoms. The van der Waals surface area contributed by atoms with Crippen molar-refractivity contribution in [1.82, 2.24) is 15.3 Å². The second-order valence-corrected chi connectivity index (χ2v) is 4.14. The van der Waals surface area contributed by atoms with Crippen LogP contribution >= 0.6 is 12.2 Å². The molecule has 1 heterocycles. The summed E-state index contributed by atoms with van der Waals surface area (Å²) in [5, 5.41) is 6.74. The number of anilines is 1. The third kappa shape index (κ3) is 4.95.